The smallest absolute Gasteiger partial charge is 0.151 e. The van der Waals surface area contributed by atoms with E-state index < -0.39 is 0 Å². The van der Waals surface area contributed by atoms with Gasteiger partial charge >= 0.3 is 0 Å². The minimum Gasteiger partial charge on any atom is -0.393 e. The van der Waals surface area contributed by atoms with Crippen molar-refractivity contribution in [3.8, 4) is 0 Å². The molecule has 23 heavy (non-hydrogen) atoms. The van der Waals surface area contributed by atoms with Crippen LogP contribution in [-0.4, -0.2) is 29.3 Å². The van der Waals surface area contributed by atoms with Gasteiger partial charge in [-0.3, -0.25) is 0 Å². The molecule has 0 unspecified atom stereocenters. The molecular weight excluding hydrogens is 378 g/mol. The Balaban J connectivity index is 1.74. The monoisotopic (exact) mass is 395 g/mol. The quantitative estimate of drug-likeness (QED) is 0.818. The lowest BCUT2D eigenvalue weighted by Gasteiger charge is -2.31. The summed E-state index contributed by atoms with van der Waals surface area (Å²) in [5.74, 6) is 0.936. The molecule has 0 radical (unpaired) electrons. The fraction of sp³-hybridized carbons (Fsp3) is 0.353. The summed E-state index contributed by atoms with van der Waals surface area (Å²) in [5.41, 5.74) is 2.02. The van der Waals surface area contributed by atoms with Crippen LogP contribution in [0.25, 0.3) is 0 Å². The average Bonchev–Trinajstić information content (AvgIpc) is 2.57. The van der Waals surface area contributed by atoms with E-state index in [9.17, 15) is 5.11 Å². The standard InChI is InChI=1S/C17H19BrClN3O/c18-13-3-4-15(19)12(10-13)11-21-16-2-1-7-20-17(16)22-8-5-14(23)6-9-22/h1-4,7,10,14,21,23H,5-6,8-9,11H2. The highest BCUT2D eigenvalue weighted by atomic mass is 79.9. The number of anilines is 2. The molecule has 1 fully saturated rings. The molecule has 3 rings (SSSR count). The van der Waals surface area contributed by atoms with E-state index >= 15 is 0 Å². The Bertz CT molecular complexity index is 675. The highest BCUT2D eigenvalue weighted by Crippen LogP contribution is 2.28. The summed E-state index contributed by atoms with van der Waals surface area (Å²) >= 11 is 9.73. The summed E-state index contributed by atoms with van der Waals surface area (Å²) in [4.78, 5) is 6.74. The Morgan fingerprint density at radius 3 is 2.87 bits per heavy atom. The van der Waals surface area contributed by atoms with Crippen molar-refractivity contribution in [2.45, 2.75) is 25.5 Å². The molecule has 1 saturated heterocycles. The zero-order valence-corrected chi connectivity index (χ0v) is 15.0. The summed E-state index contributed by atoms with van der Waals surface area (Å²) in [6, 6.07) is 9.79. The van der Waals surface area contributed by atoms with Crippen LogP contribution in [0, 0.1) is 0 Å². The number of halogens is 2. The third-order valence-corrected chi connectivity index (χ3v) is 4.89. The number of aromatic nitrogens is 1. The van der Waals surface area contributed by atoms with Gasteiger partial charge in [0, 0.05) is 35.3 Å². The van der Waals surface area contributed by atoms with Crippen LogP contribution in [0.3, 0.4) is 0 Å². The molecule has 1 aromatic carbocycles. The number of hydrogen-bond acceptors (Lipinski definition) is 4. The lowest BCUT2D eigenvalue weighted by molar-refractivity contribution is 0.145. The van der Waals surface area contributed by atoms with Crippen molar-refractivity contribution < 1.29 is 5.11 Å². The number of piperidine rings is 1. The predicted octanol–water partition coefficient (Wildman–Crippen LogP) is 4.07. The Labute approximate surface area is 149 Å². The maximum atomic E-state index is 9.67. The third kappa shape index (κ3) is 4.16. The van der Waals surface area contributed by atoms with Crippen LogP contribution in [0.2, 0.25) is 5.02 Å². The largest absolute Gasteiger partial charge is 0.393 e. The van der Waals surface area contributed by atoms with Gasteiger partial charge in [-0.05, 0) is 48.7 Å². The van der Waals surface area contributed by atoms with Gasteiger partial charge < -0.3 is 15.3 Å². The number of aliphatic hydroxyl groups is 1. The molecule has 4 nitrogen and oxygen atoms in total. The SMILES string of the molecule is OC1CCN(c2ncccc2NCc2cc(Br)ccc2Cl)CC1. The maximum absolute atomic E-state index is 9.67. The Kier molecular flexibility index (Phi) is 5.41. The first kappa shape index (κ1) is 16.6. The zero-order valence-electron chi connectivity index (χ0n) is 12.7. The summed E-state index contributed by atoms with van der Waals surface area (Å²) in [5, 5.41) is 13.8. The normalized spacial score (nSPS) is 15.7. The number of hydrogen-bond donors (Lipinski definition) is 2. The van der Waals surface area contributed by atoms with E-state index in [-0.39, 0.29) is 6.10 Å². The van der Waals surface area contributed by atoms with Crippen molar-refractivity contribution in [1.82, 2.24) is 4.98 Å². The second kappa shape index (κ2) is 7.51. The molecule has 122 valence electrons. The first-order chi connectivity index (χ1) is 11.1. The van der Waals surface area contributed by atoms with Crippen molar-refractivity contribution in [2.24, 2.45) is 0 Å². The number of aliphatic hydroxyl groups excluding tert-OH is 1. The van der Waals surface area contributed by atoms with Crippen LogP contribution in [0.1, 0.15) is 18.4 Å². The fourth-order valence-corrected chi connectivity index (χ4v) is 3.33. The molecule has 6 heteroatoms. The Morgan fingerprint density at radius 1 is 1.30 bits per heavy atom. The second-order valence-electron chi connectivity index (χ2n) is 5.68. The Hall–Kier alpha value is -1.30. The topological polar surface area (TPSA) is 48.4 Å². The van der Waals surface area contributed by atoms with E-state index in [1.54, 1.807) is 6.20 Å². The van der Waals surface area contributed by atoms with Gasteiger partial charge in [0.05, 0.1) is 11.8 Å². The molecule has 0 saturated carbocycles. The first-order valence-electron chi connectivity index (χ1n) is 7.69. The highest BCUT2D eigenvalue weighted by Gasteiger charge is 2.20. The molecule has 2 N–H and O–H groups in total. The van der Waals surface area contributed by atoms with Crippen LogP contribution in [0.5, 0.6) is 0 Å². The predicted molar refractivity (Wildman–Crippen MR) is 98.2 cm³/mol. The van der Waals surface area contributed by atoms with Gasteiger partial charge in [-0.25, -0.2) is 4.98 Å². The highest BCUT2D eigenvalue weighted by molar-refractivity contribution is 9.10. The first-order valence-corrected chi connectivity index (χ1v) is 8.86. The van der Waals surface area contributed by atoms with Crippen molar-refractivity contribution >= 4 is 39.0 Å². The van der Waals surface area contributed by atoms with Gasteiger partial charge in [-0.2, -0.15) is 0 Å². The molecule has 0 amide bonds. The van der Waals surface area contributed by atoms with E-state index in [1.807, 2.05) is 30.3 Å². The summed E-state index contributed by atoms with van der Waals surface area (Å²) in [7, 11) is 0. The zero-order chi connectivity index (χ0) is 16.2. The molecule has 2 aromatic rings. The van der Waals surface area contributed by atoms with Crippen LogP contribution in [0.4, 0.5) is 11.5 Å². The lowest BCUT2D eigenvalue weighted by atomic mass is 10.1. The van der Waals surface area contributed by atoms with Crippen molar-refractivity contribution in [2.75, 3.05) is 23.3 Å². The van der Waals surface area contributed by atoms with Crippen molar-refractivity contribution in [1.29, 1.82) is 0 Å². The second-order valence-corrected chi connectivity index (χ2v) is 7.00. The van der Waals surface area contributed by atoms with Crippen LogP contribution in [-0.2, 0) is 6.54 Å². The molecule has 1 aromatic heterocycles. The van der Waals surface area contributed by atoms with E-state index in [0.29, 0.717) is 6.54 Å². The molecule has 0 atom stereocenters. The number of rotatable bonds is 4. The minimum absolute atomic E-state index is 0.188. The van der Waals surface area contributed by atoms with E-state index in [2.05, 4.69) is 31.1 Å². The van der Waals surface area contributed by atoms with E-state index in [1.165, 1.54) is 0 Å². The molecule has 1 aliphatic heterocycles. The lowest BCUT2D eigenvalue weighted by Crippen LogP contribution is -2.36. The van der Waals surface area contributed by atoms with Crippen molar-refractivity contribution in [3.63, 3.8) is 0 Å². The number of nitrogens with zero attached hydrogens (tertiary/aromatic N) is 2. The molecule has 0 spiro atoms. The van der Waals surface area contributed by atoms with Gasteiger partial charge in [0.25, 0.3) is 0 Å². The van der Waals surface area contributed by atoms with Gasteiger partial charge in [-0.1, -0.05) is 27.5 Å². The Morgan fingerprint density at radius 2 is 2.09 bits per heavy atom. The van der Waals surface area contributed by atoms with Gasteiger partial charge in [-0.15, -0.1) is 0 Å². The average molecular weight is 397 g/mol. The van der Waals surface area contributed by atoms with Crippen molar-refractivity contribution in [3.05, 3.63) is 51.6 Å². The summed E-state index contributed by atoms with van der Waals surface area (Å²) < 4.78 is 1.01. The molecular formula is C17H19BrClN3O. The number of nitrogens with one attached hydrogen (secondary N) is 1. The summed E-state index contributed by atoms with van der Waals surface area (Å²) in [6.45, 7) is 2.28. The minimum atomic E-state index is -0.188. The van der Waals surface area contributed by atoms with Crippen LogP contribution < -0.4 is 10.2 Å². The molecule has 2 heterocycles. The number of benzene rings is 1. The van der Waals surface area contributed by atoms with E-state index in [0.717, 1.165) is 52.5 Å². The van der Waals surface area contributed by atoms with E-state index in [4.69, 9.17) is 11.6 Å². The fourth-order valence-electron chi connectivity index (χ4n) is 2.73. The molecule has 0 aliphatic carbocycles. The van der Waals surface area contributed by atoms with Gasteiger partial charge in [0.1, 0.15) is 0 Å². The van der Waals surface area contributed by atoms with Gasteiger partial charge in [0.2, 0.25) is 0 Å². The van der Waals surface area contributed by atoms with Crippen LogP contribution in [0.15, 0.2) is 41.0 Å². The molecule has 0 bridgehead atoms. The maximum Gasteiger partial charge on any atom is 0.151 e. The van der Waals surface area contributed by atoms with Gasteiger partial charge in [0.15, 0.2) is 5.82 Å². The summed E-state index contributed by atoms with van der Waals surface area (Å²) in [6.07, 6.45) is 3.19. The van der Waals surface area contributed by atoms with Crippen LogP contribution >= 0.6 is 27.5 Å². The number of pyridine rings is 1. The molecule has 1 aliphatic rings. The third-order valence-electron chi connectivity index (χ3n) is 4.03.